The van der Waals surface area contributed by atoms with Crippen LogP contribution in [-0.4, -0.2) is 34.5 Å². The van der Waals surface area contributed by atoms with E-state index in [2.05, 4.69) is 13.5 Å². The maximum atomic E-state index is 11.7. The quantitative estimate of drug-likeness (QED) is 0.512. The van der Waals surface area contributed by atoms with E-state index in [0.717, 1.165) is 19.3 Å². The molecule has 7 atom stereocenters. The molecule has 2 saturated carbocycles. The monoisotopic (exact) mass is 266 g/mol. The van der Waals surface area contributed by atoms with Crippen LogP contribution in [0.1, 0.15) is 33.1 Å². The Balaban J connectivity index is 2.04. The molecule has 2 aliphatic carbocycles. The van der Waals surface area contributed by atoms with E-state index in [9.17, 15) is 15.0 Å². The molecule has 1 saturated heterocycles. The molecule has 2 N–H and O–H groups in total. The highest BCUT2D eigenvalue weighted by Crippen LogP contribution is 2.56. The van der Waals surface area contributed by atoms with Gasteiger partial charge in [-0.3, -0.25) is 0 Å². The zero-order valence-electron chi connectivity index (χ0n) is 11.5. The third kappa shape index (κ3) is 1.56. The van der Waals surface area contributed by atoms with Crippen molar-refractivity contribution in [1.29, 1.82) is 0 Å². The molecule has 3 fully saturated rings. The smallest absolute Gasteiger partial charge is 0.334 e. The normalized spacial score (nSPS) is 53.5. The summed E-state index contributed by atoms with van der Waals surface area (Å²) in [6.07, 6.45) is 0.844. The molecule has 0 bridgehead atoms. The molecule has 7 unspecified atom stereocenters. The first-order valence-corrected chi connectivity index (χ1v) is 7.13. The van der Waals surface area contributed by atoms with Crippen LogP contribution >= 0.6 is 0 Å². The van der Waals surface area contributed by atoms with E-state index < -0.39 is 23.6 Å². The third-order valence-electron chi connectivity index (χ3n) is 5.86. The van der Waals surface area contributed by atoms with Gasteiger partial charge in [-0.25, -0.2) is 4.79 Å². The van der Waals surface area contributed by atoms with Gasteiger partial charge in [0.1, 0.15) is 6.10 Å². The molecular formula is C15H22O4. The molecule has 0 aromatic heterocycles. The summed E-state index contributed by atoms with van der Waals surface area (Å²) in [6, 6.07) is 0. The van der Waals surface area contributed by atoms with Gasteiger partial charge in [0, 0.05) is 11.0 Å². The van der Waals surface area contributed by atoms with Crippen molar-refractivity contribution >= 4 is 5.97 Å². The second-order valence-corrected chi connectivity index (χ2v) is 6.72. The van der Waals surface area contributed by atoms with Crippen LogP contribution < -0.4 is 0 Å². The van der Waals surface area contributed by atoms with Gasteiger partial charge in [-0.2, -0.15) is 0 Å². The minimum Gasteiger partial charge on any atom is -0.458 e. The fourth-order valence-corrected chi connectivity index (χ4v) is 4.67. The summed E-state index contributed by atoms with van der Waals surface area (Å²) < 4.78 is 5.36. The summed E-state index contributed by atoms with van der Waals surface area (Å²) in [5, 5.41) is 21.2. The topological polar surface area (TPSA) is 66.8 Å². The summed E-state index contributed by atoms with van der Waals surface area (Å²) >= 11 is 0. The van der Waals surface area contributed by atoms with Gasteiger partial charge in [0.25, 0.3) is 0 Å². The number of aliphatic hydroxyl groups is 2. The standard InChI is InChI=1S/C15H22O4/c1-7-6-10-12(8(2)14(18)19-10)13(17)15(3)9(7)4-5-11(15)16/h7,9-13,16-17H,2,4-6H2,1,3H3. The lowest BCUT2D eigenvalue weighted by molar-refractivity contribution is -0.140. The van der Waals surface area contributed by atoms with Gasteiger partial charge in [0.15, 0.2) is 0 Å². The zero-order valence-corrected chi connectivity index (χ0v) is 11.5. The van der Waals surface area contributed by atoms with E-state index in [1.807, 2.05) is 6.92 Å². The molecule has 0 amide bonds. The number of hydrogen-bond donors (Lipinski definition) is 2. The van der Waals surface area contributed by atoms with Crippen molar-refractivity contribution in [3.63, 3.8) is 0 Å². The minimum absolute atomic E-state index is 0.273. The highest BCUT2D eigenvalue weighted by atomic mass is 16.6. The maximum absolute atomic E-state index is 11.7. The number of aliphatic hydroxyl groups excluding tert-OH is 2. The van der Waals surface area contributed by atoms with E-state index in [4.69, 9.17) is 4.74 Å². The zero-order chi connectivity index (χ0) is 13.9. The molecule has 1 heterocycles. The molecule has 4 heteroatoms. The Morgan fingerprint density at radius 1 is 1.37 bits per heavy atom. The SMILES string of the molecule is C=C1C(=O)OC2CC(C)C3CCC(O)C3(C)C(O)C12. The van der Waals surface area contributed by atoms with Crippen LogP contribution in [0.5, 0.6) is 0 Å². The molecule has 1 aliphatic heterocycles. The number of ether oxygens (including phenoxy) is 1. The molecule has 0 aromatic rings. The summed E-state index contributed by atoms with van der Waals surface area (Å²) in [5.41, 5.74) is -0.193. The molecule has 106 valence electrons. The Morgan fingerprint density at radius 2 is 2.05 bits per heavy atom. The molecule has 4 nitrogen and oxygen atoms in total. The number of rotatable bonds is 0. The van der Waals surface area contributed by atoms with E-state index in [1.165, 1.54) is 0 Å². The lowest BCUT2D eigenvalue weighted by atomic mass is 9.67. The minimum atomic E-state index is -0.760. The first-order chi connectivity index (χ1) is 8.87. The first kappa shape index (κ1) is 13.1. The fourth-order valence-electron chi connectivity index (χ4n) is 4.67. The molecule has 0 aromatic carbocycles. The molecule has 0 spiro atoms. The molecule has 3 rings (SSSR count). The predicted octanol–water partition coefficient (Wildman–Crippen LogP) is 1.26. The number of carbonyl (C=O) groups excluding carboxylic acids is 1. The molecule has 19 heavy (non-hydrogen) atoms. The van der Waals surface area contributed by atoms with Crippen molar-refractivity contribution in [3.05, 3.63) is 12.2 Å². The van der Waals surface area contributed by atoms with Crippen LogP contribution in [0, 0.1) is 23.2 Å². The van der Waals surface area contributed by atoms with Gasteiger partial charge < -0.3 is 14.9 Å². The van der Waals surface area contributed by atoms with E-state index in [-0.39, 0.29) is 17.9 Å². The van der Waals surface area contributed by atoms with Crippen LogP contribution in [0.25, 0.3) is 0 Å². The number of fused-ring (bicyclic) bond motifs is 2. The number of esters is 1. The second-order valence-electron chi connectivity index (χ2n) is 6.72. The van der Waals surface area contributed by atoms with Gasteiger partial charge in [-0.1, -0.05) is 20.4 Å². The van der Waals surface area contributed by atoms with Crippen molar-refractivity contribution in [2.24, 2.45) is 23.2 Å². The molecule has 3 aliphatic rings. The van der Waals surface area contributed by atoms with Crippen molar-refractivity contribution in [1.82, 2.24) is 0 Å². The predicted molar refractivity (Wildman–Crippen MR) is 69.1 cm³/mol. The maximum Gasteiger partial charge on any atom is 0.334 e. The highest BCUT2D eigenvalue weighted by Gasteiger charge is 2.60. The summed E-state index contributed by atoms with van der Waals surface area (Å²) in [7, 11) is 0. The van der Waals surface area contributed by atoms with Crippen LogP contribution in [0.2, 0.25) is 0 Å². The number of hydrogen-bond acceptors (Lipinski definition) is 4. The van der Waals surface area contributed by atoms with Gasteiger partial charge in [-0.15, -0.1) is 0 Å². The van der Waals surface area contributed by atoms with Gasteiger partial charge >= 0.3 is 5.97 Å². The average Bonchev–Trinajstić information content (AvgIpc) is 2.77. The largest absolute Gasteiger partial charge is 0.458 e. The van der Waals surface area contributed by atoms with Crippen molar-refractivity contribution < 1.29 is 19.7 Å². The van der Waals surface area contributed by atoms with Crippen molar-refractivity contribution in [2.45, 2.75) is 51.4 Å². The fraction of sp³-hybridized carbons (Fsp3) is 0.800. The van der Waals surface area contributed by atoms with Crippen LogP contribution in [0.3, 0.4) is 0 Å². The summed E-state index contributed by atoms with van der Waals surface area (Å²) in [6.45, 7) is 7.87. The lowest BCUT2D eigenvalue weighted by Crippen LogP contribution is -2.48. The Morgan fingerprint density at radius 3 is 2.74 bits per heavy atom. The van der Waals surface area contributed by atoms with Crippen LogP contribution in [0.4, 0.5) is 0 Å². The Kier molecular flexibility index (Phi) is 2.81. The second kappa shape index (κ2) is 4.06. The molecular weight excluding hydrogens is 244 g/mol. The van der Waals surface area contributed by atoms with Gasteiger partial charge in [-0.05, 0) is 31.1 Å². The first-order valence-electron chi connectivity index (χ1n) is 7.13. The van der Waals surface area contributed by atoms with Gasteiger partial charge in [0.2, 0.25) is 0 Å². The van der Waals surface area contributed by atoms with Crippen molar-refractivity contribution in [2.75, 3.05) is 0 Å². The Bertz CT molecular complexity index is 432. The molecule has 0 radical (unpaired) electrons. The summed E-state index contributed by atoms with van der Waals surface area (Å²) in [5.74, 6) is -0.159. The van der Waals surface area contributed by atoms with Crippen molar-refractivity contribution in [3.8, 4) is 0 Å². The Labute approximate surface area is 113 Å². The lowest BCUT2D eigenvalue weighted by Gasteiger charge is -2.41. The van der Waals surface area contributed by atoms with Crippen LogP contribution in [0.15, 0.2) is 12.2 Å². The van der Waals surface area contributed by atoms with E-state index >= 15 is 0 Å². The van der Waals surface area contributed by atoms with Gasteiger partial charge in [0.05, 0.1) is 18.1 Å². The van der Waals surface area contributed by atoms with E-state index in [0.29, 0.717) is 11.5 Å². The third-order valence-corrected chi connectivity index (χ3v) is 5.86. The number of carbonyl (C=O) groups is 1. The van der Waals surface area contributed by atoms with Crippen LogP contribution in [-0.2, 0) is 9.53 Å². The average molecular weight is 266 g/mol. The van der Waals surface area contributed by atoms with E-state index in [1.54, 1.807) is 0 Å². The highest BCUT2D eigenvalue weighted by molar-refractivity contribution is 5.91. The Hall–Kier alpha value is -0.870. The summed E-state index contributed by atoms with van der Waals surface area (Å²) in [4.78, 5) is 11.7.